The summed E-state index contributed by atoms with van der Waals surface area (Å²) in [7, 11) is -3.77. The zero-order chi connectivity index (χ0) is 17.0. The van der Waals surface area contributed by atoms with Crippen molar-refractivity contribution in [2.75, 3.05) is 25.0 Å². The van der Waals surface area contributed by atoms with Gasteiger partial charge in [-0.1, -0.05) is 30.3 Å². The van der Waals surface area contributed by atoms with Crippen molar-refractivity contribution in [2.45, 2.75) is 17.9 Å². The molecule has 3 N–H and O–H groups in total. The lowest BCUT2D eigenvalue weighted by Crippen LogP contribution is -2.23. The van der Waals surface area contributed by atoms with Crippen LogP contribution in [0, 0.1) is 5.92 Å². The van der Waals surface area contributed by atoms with Crippen LogP contribution in [0.1, 0.15) is 12.0 Å². The highest BCUT2D eigenvalue weighted by atomic mass is 32.2. The van der Waals surface area contributed by atoms with Crippen LogP contribution in [0.3, 0.4) is 0 Å². The SMILES string of the molecule is NS(=O)(=O)c1cccnc1NCC1CCN(Cc2ccccc2)C1. The second-order valence-electron chi connectivity index (χ2n) is 6.15. The number of nitrogens with zero attached hydrogens (tertiary/aromatic N) is 2. The molecule has 1 aliphatic rings. The van der Waals surface area contributed by atoms with Crippen LogP contribution in [0.15, 0.2) is 53.6 Å². The van der Waals surface area contributed by atoms with Gasteiger partial charge in [-0.15, -0.1) is 0 Å². The van der Waals surface area contributed by atoms with Gasteiger partial charge >= 0.3 is 0 Å². The van der Waals surface area contributed by atoms with Gasteiger partial charge in [0.25, 0.3) is 0 Å². The Morgan fingerprint density at radius 2 is 2.00 bits per heavy atom. The molecular formula is C17H22N4O2S. The second-order valence-corrected chi connectivity index (χ2v) is 7.68. The summed E-state index contributed by atoms with van der Waals surface area (Å²) in [6.45, 7) is 3.67. The Hall–Kier alpha value is -1.96. The number of likely N-dealkylation sites (tertiary alicyclic amines) is 1. The van der Waals surface area contributed by atoms with Crippen molar-refractivity contribution in [2.24, 2.45) is 11.1 Å². The molecule has 2 heterocycles. The van der Waals surface area contributed by atoms with E-state index in [9.17, 15) is 8.42 Å². The molecule has 3 rings (SSSR count). The van der Waals surface area contributed by atoms with Gasteiger partial charge in [0, 0.05) is 25.8 Å². The number of primary sulfonamides is 1. The summed E-state index contributed by atoms with van der Waals surface area (Å²) in [6, 6.07) is 13.5. The second kappa shape index (κ2) is 7.29. The molecule has 6 nitrogen and oxygen atoms in total. The highest BCUT2D eigenvalue weighted by molar-refractivity contribution is 7.89. The molecule has 0 amide bonds. The summed E-state index contributed by atoms with van der Waals surface area (Å²) in [5.74, 6) is 0.797. The van der Waals surface area contributed by atoms with Crippen LogP contribution in [0.2, 0.25) is 0 Å². The summed E-state index contributed by atoms with van der Waals surface area (Å²) >= 11 is 0. The third-order valence-electron chi connectivity index (χ3n) is 4.25. The normalized spacial score (nSPS) is 18.6. The van der Waals surface area contributed by atoms with Crippen molar-refractivity contribution < 1.29 is 8.42 Å². The molecule has 1 saturated heterocycles. The fourth-order valence-corrected chi connectivity index (χ4v) is 3.72. The molecule has 1 fully saturated rings. The summed E-state index contributed by atoms with van der Waals surface area (Å²) in [6.07, 6.45) is 2.64. The van der Waals surface area contributed by atoms with Gasteiger partial charge in [0.05, 0.1) is 0 Å². The van der Waals surface area contributed by atoms with E-state index in [0.717, 1.165) is 26.1 Å². The number of hydrogen-bond donors (Lipinski definition) is 2. The minimum Gasteiger partial charge on any atom is -0.369 e. The average molecular weight is 346 g/mol. The summed E-state index contributed by atoms with van der Waals surface area (Å²) in [5.41, 5.74) is 1.31. The van der Waals surface area contributed by atoms with Crippen LogP contribution in [0.25, 0.3) is 0 Å². The van der Waals surface area contributed by atoms with Crippen LogP contribution in [-0.4, -0.2) is 37.9 Å². The molecule has 1 unspecified atom stereocenters. The predicted octanol–water partition coefficient (Wildman–Crippen LogP) is 1.66. The fourth-order valence-electron chi connectivity index (χ4n) is 3.06. The largest absolute Gasteiger partial charge is 0.369 e. The molecule has 1 aliphatic heterocycles. The Morgan fingerprint density at radius 3 is 2.75 bits per heavy atom. The number of rotatable bonds is 6. The molecule has 128 valence electrons. The lowest BCUT2D eigenvalue weighted by Gasteiger charge is -2.17. The smallest absolute Gasteiger partial charge is 0.241 e. The molecule has 0 aliphatic carbocycles. The predicted molar refractivity (Wildman–Crippen MR) is 93.9 cm³/mol. The van der Waals surface area contributed by atoms with E-state index < -0.39 is 10.0 Å². The summed E-state index contributed by atoms with van der Waals surface area (Å²) < 4.78 is 23.2. The van der Waals surface area contributed by atoms with Gasteiger partial charge in [0.1, 0.15) is 10.7 Å². The Labute approximate surface area is 142 Å². The minimum absolute atomic E-state index is 0.0455. The van der Waals surface area contributed by atoms with Crippen LogP contribution < -0.4 is 10.5 Å². The van der Waals surface area contributed by atoms with E-state index in [4.69, 9.17) is 5.14 Å². The van der Waals surface area contributed by atoms with Gasteiger partial charge in [0.15, 0.2) is 0 Å². The van der Waals surface area contributed by atoms with E-state index in [-0.39, 0.29) is 4.90 Å². The van der Waals surface area contributed by atoms with Crippen molar-refractivity contribution in [3.63, 3.8) is 0 Å². The highest BCUT2D eigenvalue weighted by Crippen LogP contribution is 2.21. The molecule has 2 aromatic rings. The molecule has 1 aromatic carbocycles. The van der Waals surface area contributed by atoms with Crippen LogP contribution in [0.5, 0.6) is 0 Å². The van der Waals surface area contributed by atoms with Crippen molar-refractivity contribution in [3.8, 4) is 0 Å². The number of hydrogen-bond acceptors (Lipinski definition) is 5. The van der Waals surface area contributed by atoms with Crippen LogP contribution in [-0.2, 0) is 16.6 Å². The third-order valence-corrected chi connectivity index (χ3v) is 5.20. The molecule has 0 saturated carbocycles. The summed E-state index contributed by atoms with van der Waals surface area (Å²) in [5, 5.41) is 8.38. The van der Waals surface area contributed by atoms with Crippen LogP contribution in [0.4, 0.5) is 5.82 Å². The van der Waals surface area contributed by atoms with Gasteiger partial charge in [0.2, 0.25) is 10.0 Å². The highest BCUT2D eigenvalue weighted by Gasteiger charge is 2.23. The van der Waals surface area contributed by atoms with Gasteiger partial charge < -0.3 is 5.32 Å². The maximum atomic E-state index is 11.6. The number of nitrogens with two attached hydrogens (primary N) is 1. The van der Waals surface area contributed by atoms with Gasteiger partial charge in [-0.3, -0.25) is 4.90 Å². The maximum absolute atomic E-state index is 11.6. The topological polar surface area (TPSA) is 88.3 Å². The number of nitrogens with one attached hydrogen (secondary N) is 1. The van der Waals surface area contributed by atoms with Crippen molar-refractivity contribution in [1.82, 2.24) is 9.88 Å². The number of anilines is 1. The van der Waals surface area contributed by atoms with E-state index in [1.807, 2.05) is 6.07 Å². The Bertz CT molecular complexity index is 780. The molecule has 0 spiro atoms. The zero-order valence-corrected chi connectivity index (χ0v) is 14.2. The molecular weight excluding hydrogens is 324 g/mol. The third kappa shape index (κ3) is 4.31. The van der Waals surface area contributed by atoms with E-state index >= 15 is 0 Å². The van der Waals surface area contributed by atoms with E-state index in [1.165, 1.54) is 11.6 Å². The lowest BCUT2D eigenvalue weighted by molar-refractivity contribution is 0.319. The number of pyridine rings is 1. The quantitative estimate of drug-likeness (QED) is 0.830. The molecule has 0 radical (unpaired) electrons. The molecule has 0 bridgehead atoms. The number of aromatic nitrogens is 1. The Balaban J connectivity index is 1.56. The van der Waals surface area contributed by atoms with Gasteiger partial charge in [-0.2, -0.15) is 0 Å². The maximum Gasteiger partial charge on any atom is 0.241 e. The lowest BCUT2D eigenvalue weighted by atomic mass is 10.1. The van der Waals surface area contributed by atoms with E-state index in [0.29, 0.717) is 18.3 Å². The summed E-state index contributed by atoms with van der Waals surface area (Å²) in [4.78, 5) is 6.57. The molecule has 1 atom stereocenters. The first-order chi connectivity index (χ1) is 11.5. The molecule has 24 heavy (non-hydrogen) atoms. The molecule has 1 aromatic heterocycles. The standard InChI is InChI=1S/C17H22N4O2S/c18-24(22,23)16-7-4-9-19-17(16)20-11-15-8-10-21(13-15)12-14-5-2-1-3-6-14/h1-7,9,15H,8,10-13H2,(H,19,20)(H2,18,22,23). The number of sulfonamides is 1. The Kier molecular flexibility index (Phi) is 5.13. The fraction of sp³-hybridized carbons (Fsp3) is 0.353. The average Bonchev–Trinajstić information content (AvgIpc) is 3.01. The minimum atomic E-state index is -3.77. The van der Waals surface area contributed by atoms with Gasteiger partial charge in [-0.05, 0) is 36.6 Å². The van der Waals surface area contributed by atoms with E-state index in [2.05, 4.69) is 39.5 Å². The first-order valence-corrected chi connectivity index (χ1v) is 9.55. The van der Waals surface area contributed by atoms with Crippen molar-refractivity contribution >= 4 is 15.8 Å². The zero-order valence-electron chi connectivity index (χ0n) is 13.4. The first-order valence-electron chi connectivity index (χ1n) is 8.00. The van der Waals surface area contributed by atoms with E-state index in [1.54, 1.807) is 12.3 Å². The molecule has 7 heteroatoms. The Morgan fingerprint density at radius 1 is 1.21 bits per heavy atom. The first kappa shape index (κ1) is 16.9. The van der Waals surface area contributed by atoms with Crippen molar-refractivity contribution in [1.29, 1.82) is 0 Å². The number of benzene rings is 1. The van der Waals surface area contributed by atoms with Gasteiger partial charge in [-0.25, -0.2) is 18.5 Å². The van der Waals surface area contributed by atoms with Crippen LogP contribution >= 0.6 is 0 Å². The monoisotopic (exact) mass is 346 g/mol. The van der Waals surface area contributed by atoms with Crippen molar-refractivity contribution in [3.05, 3.63) is 54.2 Å².